The molecule has 4 heteroatoms. The molecule has 0 heterocycles. The van der Waals surface area contributed by atoms with E-state index in [9.17, 15) is 4.79 Å². The lowest BCUT2D eigenvalue weighted by atomic mass is 10.1. The number of aliphatic hydroxyl groups is 1. The van der Waals surface area contributed by atoms with E-state index in [2.05, 4.69) is 0 Å². The predicted molar refractivity (Wildman–Crippen MR) is 42.9 cm³/mol. The molecule has 3 N–H and O–H groups in total. The number of benzene rings is 1. The average molecular weight is 167 g/mol. The van der Waals surface area contributed by atoms with Gasteiger partial charge >= 0.3 is 0 Å². The van der Waals surface area contributed by atoms with Crippen molar-refractivity contribution in [2.45, 2.75) is 6.10 Å². The fourth-order valence-electron chi connectivity index (χ4n) is 0.871. The van der Waals surface area contributed by atoms with Crippen molar-refractivity contribution in [1.29, 1.82) is 0 Å². The zero-order chi connectivity index (χ0) is 8.97. The Balaban J connectivity index is 2.93. The van der Waals surface area contributed by atoms with Gasteiger partial charge in [0.1, 0.15) is 6.10 Å². The first-order chi connectivity index (χ1) is 5.77. The third kappa shape index (κ3) is 1.81. The molecule has 0 unspecified atom stereocenters. The topological polar surface area (TPSA) is 69.6 Å². The first-order valence-electron chi connectivity index (χ1n) is 3.41. The van der Waals surface area contributed by atoms with Gasteiger partial charge in [0, 0.05) is 0 Å². The lowest BCUT2D eigenvalue weighted by molar-refractivity contribution is -0.115. The number of hydrogen-bond acceptors (Lipinski definition) is 4. The van der Waals surface area contributed by atoms with E-state index in [-0.39, 0.29) is 0 Å². The highest BCUT2D eigenvalue weighted by Gasteiger charge is 2.04. The number of anilines is 1. The summed E-state index contributed by atoms with van der Waals surface area (Å²) < 4.78 is 0. The minimum absolute atomic E-state index is 0.427. The number of aliphatic hydroxyl groups excluding tert-OH is 1. The van der Waals surface area contributed by atoms with Gasteiger partial charge in [-0.15, -0.1) is 0 Å². The maximum atomic E-state index is 10.2. The maximum absolute atomic E-state index is 10.2. The van der Waals surface area contributed by atoms with Gasteiger partial charge in [0.05, 0.1) is 5.69 Å². The standard InChI is InChI=1S/C8H9NO3/c10-5-8(11)6-2-1-3-7(4-6)9-12/h1-5,8-9,11-12H/t8-/m0/s1. The molecule has 1 rings (SSSR count). The minimum atomic E-state index is -1.13. The molecule has 64 valence electrons. The molecule has 0 amide bonds. The monoisotopic (exact) mass is 167 g/mol. The molecule has 1 aromatic rings. The molecule has 0 saturated carbocycles. The largest absolute Gasteiger partial charge is 0.381 e. The third-order valence-electron chi connectivity index (χ3n) is 1.49. The summed E-state index contributed by atoms with van der Waals surface area (Å²) in [5.41, 5.74) is 2.81. The van der Waals surface area contributed by atoms with Gasteiger partial charge < -0.3 is 9.90 Å². The van der Waals surface area contributed by atoms with Crippen molar-refractivity contribution in [1.82, 2.24) is 0 Å². The second-order valence-corrected chi connectivity index (χ2v) is 2.32. The average Bonchev–Trinajstić information content (AvgIpc) is 2.17. The number of aldehydes is 1. The predicted octanol–water partition coefficient (Wildman–Crippen LogP) is 0.720. The van der Waals surface area contributed by atoms with Gasteiger partial charge in [0.25, 0.3) is 0 Å². The van der Waals surface area contributed by atoms with Crippen molar-refractivity contribution in [3.63, 3.8) is 0 Å². The molecule has 0 aliphatic carbocycles. The molecule has 0 aliphatic heterocycles. The summed E-state index contributed by atoms with van der Waals surface area (Å²) in [7, 11) is 0. The van der Waals surface area contributed by atoms with Crippen LogP contribution in [0.3, 0.4) is 0 Å². The zero-order valence-corrected chi connectivity index (χ0v) is 6.27. The maximum Gasteiger partial charge on any atom is 0.153 e. The molecule has 12 heavy (non-hydrogen) atoms. The molecular formula is C8H9NO3. The third-order valence-corrected chi connectivity index (χ3v) is 1.49. The van der Waals surface area contributed by atoms with Gasteiger partial charge in [-0.05, 0) is 17.7 Å². The summed E-state index contributed by atoms with van der Waals surface area (Å²) in [5.74, 6) is 0. The van der Waals surface area contributed by atoms with Crippen molar-refractivity contribution in [3.05, 3.63) is 29.8 Å². The summed E-state index contributed by atoms with van der Waals surface area (Å²) in [6, 6.07) is 6.32. The highest BCUT2D eigenvalue weighted by Crippen LogP contribution is 2.15. The quantitative estimate of drug-likeness (QED) is 0.458. The molecule has 0 aromatic heterocycles. The summed E-state index contributed by atoms with van der Waals surface area (Å²) in [4.78, 5) is 10.2. The van der Waals surface area contributed by atoms with Gasteiger partial charge in [-0.3, -0.25) is 10.7 Å². The van der Waals surface area contributed by atoms with Crippen molar-refractivity contribution in [2.75, 3.05) is 5.48 Å². The molecule has 0 saturated heterocycles. The molecule has 0 fully saturated rings. The van der Waals surface area contributed by atoms with E-state index in [1.807, 2.05) is 5.48 Å². The van der Waals surface area contributed by atoms with Crippen LogP contribution in [0.25, 0.3) is 0 Å². The van der Waals surface area contributed by atoms with Crippen LogP contribution >= 0.6 is 0 Å². The molecule has 0 spiro atoms. The molecule has 0 aliphatic rings. The van der Waals surface area contributed by atoms with E-state index in [0.29, 0.717) is 17.5 Å². The number of rotatable bonds is 3. The van der Waals surface area contributed by atoms with Crippen LogP contribution in [0.1, 0.15) is 11.7 Å². The van der Waals surface area contributed by atoms with Crippen molar-refractivity contribution in [2.24, 2.45) is 0 Å². The minimum Gasteiger partial charge on any atom is -0.381 e. The SMILES string of the molecule is O=C[C@H](O)c1cccc(NO)c1. The van der Waals surface area contributed by atoms with Crippen LogP contribution < -0.4 is 5.48 Å². The summed E-state index contributed by atoms with van der Waals surface area (Å²) in [6.45, 7) is 0. The highest BCUT2D eigenvalue weighted by molar-refractivity contribution is 5.61. The smallest absolute Gasteiger partial charge is 0.153 e. The lowest BCUT2D eigenvalue weighted by Gasteiger charge is -2.04. The lowest BCUT2D eigenvalue weighted by Crippen LogP contribution is -1.99. The highest BCUT2D eigenvalue weighted by atomic mass is 16.5. The molecule has 1 atom stereocenters. The fraction of sp³-hybridized carbons (Fsp3) is 0.125. The second-order valence-electron chi connectivity index (χ2n) is 2.32. The van der Waals surface area contributed by atoms with E-state index >= 15 is 0 Å². The normalized spacial score (nSPS) is 12.2. The van der Waals surface area contributed by atoms with E-state index in [4.69, 9.17) is 10.3 Å². The molecule has 0 radical (unpaired) electrons. The second kappa shape index (κ2) is 3.85. The van der Waals surface area contributed by atoms with Crippen LogP contribution in [0.4, 0.5) is 5.69 Å². The molecule has 0 bridgehead atoms. The van der Waals surface area contributed by atoms with Crippen LogP contribution in [0.15, 0.2) is 24.3 Å². The summed E-state index contributed by atoms with van der Waals surface area (Å²) in [6.07, 6.45) is -0.700. The molecular weight excluding hydrogens is 158 g/mol. The van der Waals surface area contributed by atoms with Crippen molar-refractivity contribution in [3.8, 4) is 0 Å². The van der Waals surface area contributed by atoms with Gasteiger partial charge in [-0.25, -0.2) is 0 Å². The Hall–Kier alpha value is -1.39. The Morgan fingerprint density at radius 3 is 2.83 bits per heavy atom. The van der Waals surface area contributed by atoms with E-state index in [1.165, 1.54) is 6.07 Å². The van der Waals surface area contributed by atoms with E-state index < -0.39 is 6.10 Å². The first-order valence-corrected chi connectivity index (χ1v) is 3.41. The van der Waals surface area contributed by atoms with Crippen molar-refractivity contribution >= 4 is 12.0 Å². The first kappa shape index (κ1) is 8.70. The number of nitrogens with one attached hydrogen (secondary N) is 1. The fourth-order valence-corrected chi connectivity index (χ4v) is 0.871. The number of carbonyl (C=O) groups is 1. The van der Waals surface area contributed by atoms with Crippen LogP contribution in [-0.2, 0) is 4.79 Å². The summed E-state index contributed by atoms with van der Waals surface area (Å²) >= 11 is 0. The van der Waals surface area contributed by atoms with Crippen LogP contribution in [0, 0.1) is 0 Å². The molecule has 4 nitrogen and oxygen atoms in total. The Kier molecular flexibility index (Phi) is 2.79. The van der Waals surface area contributed by atoms with Crippen molar-refractivity contribution < 1.29 is 15.1 Å². The van der Waals surface area contributed by atoms with Gasteiger partial charge in [0.15, 0.2) is 6.29 Å². The van der Waals surface area contributed by atoms with E-state index in [0.717, 1.165) is 0 Å². The molecule has 1 aromatic carbocycles. The Morgan fingerprint density at radius 1 is 1.50 bits per heavy atom. The number of carbonyl (C=O) groups excluding carboxylic acids is 1. The number of hydrogen-bond donors (Lipinski definition) is 3. The van der Waals surface area contributed by atoms with Crippen LogP contribution in [0.2, 0.25) is 0 Å². The van der Waals surface area contributed by atoms with Crippen LogP contribution in [0.5, 0.6) is 0 Å². The Bertz CT molecular complexity index is 275. The van der Waals surface area contributed by atoms with Gasteiger partial charge in [-0.2, -0.15) is 0 Å². The Morgan fingerprint density at radius 2 is 2.25 bits per heavy atom. The van der Waals surface area contributed by atoms with Crippen LogP contribution in [-0.4, -0.2) is 16.6 Å². The van der Waals surface area contributed by atoms with Gasteiger partial charge in [0.2, 0.25) is 0 Å². The van der Waals surface area contributed by atoms with E-state index in [1.54, 1.807) is 18.2 Å². The Labute approximate surface area is 69.4 Å². The summed E-state index contributed by atoms with van der Waals surface area (Å²) in [5, 5.41) is 17.6. The van der Waals surface area contributed by atoms with Gasteiger partial charge in [-0.1, -0.05) is 12.1 Å². The zero-order valence-electron chi connectivity index (χ0n) is 6.27.